The average molecular weight is 312 g/mol. The van der Waals surface area contributed by atoms with E-state index in [0.717, 1.165) is 22.6 Å². The van der Waals surface area contributed by atoms with Crippen molar-refractivity contribution in [2.24, 2.45) is 0 Å². The number of rotatable bonds is 5. The summed E-state index contributed by atoms with van der Waals surface area (Å²) in [6.07, 6.45) is 0. The smallest absolute Gasteiger partial charge is 0.285 e. The van der Waals surface area contributed by atoms with Crippen molar-refractivity contribution in [2.45, 2.75) is 13.5 Å². The number of amides is 1. The Kier molecular flexibility index (Phi) is 4.92. The second kappa shape index (κ2) is 6.67. The number of ether oxygens (including phenoxy) is 1. The van der Waals surface area contributed by atoms with Crippen molar-refractivity contribution in [1.82, 2.24) is 15.1 Å². The van der Waals surface area contributed by atoms with Crippen molar-refractivity contribution in [3.63, 3.8) is 0 Å². The van der Waals surface area contributed by atoms with Crippen LogP contribution >= 0.6 is 22.9 Å². The van der Waals surface area contributed by atoms with E-state index in [2.05, 4.69) is 10.2 Å². The van der Waals surface area contributed by atoms with E-state index in [1.54, 1.807) is 12.0 Å². The van der Waals surface area contributed by atoms with Crippen molar-refractivity contribution in [3.8, 4) is 5.75 Å². The zero-order chi connectivity index (χ0) is 14.5. The van der Waals surface area contributed by atoms with Crippen molar-refractivity contribution >= 4 is 28.8 Å². The molecule has 0 spiro atoms. The van der Waals surface area contributed by atoms with Gasteiger partial charge in [-0.1, -0.05) is 23.5 Å². The Balaban J connectivity index is 2.09. The van der Waals surface area contributed by atoms with Crippen molar-refractivity contribution < 1.29 is 9.53 Å². The van der Waals surface area contributed by atoms with Gasteiger partial charge in [0.15, 0.2) is 0 Å². The molecule has 2 rings (SSSR count). The third kappa shape index (κ3) is 3.46. The number of benzene rings is 1. The molecular formula is C13H14ClN3O2S. The molecule has 106 valence electrons. The first kappa shape index (κ1) is 14.7. The maximum atomic E-state index is 12.3. The predicted octanol–water partition coefficient (Wildman–Crippen LogP) is 2.86. The number of halogens is 1. The lowest BCUT2D eigenvalue weighted by atomic mass is 10.2. The number of carbonyl (C=O) groups excluding carboxylic acids is 1. The Hall–Kier alpha value is -1.66. The van der Waals surface area contributed by atoms with Gasteiger partial charge in [0.25, 0.3) is 5.91 Å². The maximum absolute atomic E-state index is 12.3. The van der Waals surface area contributed by atoms with Crippen LogP contribution in [0, 0.1) is 0 Å². The number of methoxy groups -OCH3 is 1. The summed E-state index contributed by atoms with van der Waals surface area (Å²) >= 11 is 6.79. The van der Waals surface area contributed by atoms with E-state index in [0.29, 0.717) is 18.1 Å². The van der Waals surface area contributed by atoms with Gasteiger partial charge in [-0.3, -0.25) is 4.79 Å². The van der Waals surface area contributed by atoms with E-state index >= 15 is 0 Å². The first-order chi connectivity index (χ1) is 9.63. The van der Waals surface area contributed by atoms with Gasteiger partial charge in [0.2, 0.25) is 9.47 Å². The fourth-order valence-electron chi connectivity index (χ4n) is 1.71. The molecule has 2 aromatic rings. The van der Waals surface area contributed by atoms with Gasteiger partial charge < -0.3 is 9.64 Å². The lowest BCUT2D eigenvalue weighted by Crippen LogP contribution is -2.30. The summed E-state index contributed by atoms with van der Waals surface area (Å²) in [6, 6.07) is 7.61. The van der Waals surface area contributed by atoms with E-state index in [1.807, 2.05) is 31.2 Å². The first-order valence-electron chi connectivity index (χ1n) is 6.05. The molecule has 1 aromatic carbocycles. The Morgan fingerprint density at radius 3 is 2.55 bits per heavy atom. The minimum Gasteiger partial charge on any atom is -0.497 e. The number of aromatic nitrogens is 2. The molecular weight excluding hydrogens is 298 g/mol. The van der Waals surface area contributed by atoms with E-state index in [-0.39, 0.29) is 10.4 Å². The lowest BCUT2D eigenvalue weighted by Gasteiger charge is -2.19. The summed E-state index contributed by atoms with van der Waals surface area (Å²) in [5.74, 6) is 0.631. The Labute approximate surface area is 126 Å². The summed E-state index contributed by atoms with van der Waals surface area (Å²) in [4.78, 5) is 14.0. The van der Waals surface area contributed by atoms with Crippen LogP contribution < -0.4 is 4.74 Å². The molecule has 0 fully saturated rings. The van der Waals surface area contributed by atoms with Crippen LogP contribution in [0.2, 0.25) is 4.47 Å². The maximum Gasteiger partial charge on any atom is 0.285 e. The predicted molar refractivity (Wildman–Crippen MR) is 78.3 cm³/mol. The molecule has 0 N–H and O–H groups in total. The molecule has 1 heterocycles. The molecule has 0 aliphatic rings. The first-order valence-corrected chi connectivity index (χ1v) is 7.24. The third-order valence-corrected chi connectivity index (χ3v) is 3.79. The molecule has 0 aliphatic carbocycles. The lowest BCUT2D eigenvalue weighted by molar-refractivity contribution is 0.0751. The Morgan fingerprint density at radius 2 is 2.05 bits per heavy atom. The largest absolute Gasteiger partial charge is 0.497 e. The monoisotopic (exact) mass is 311 g/mol. The van der Waals surface area contributed by atoms with Crippen LogP contribution in [0.4, 0.5) is 0 Å². The zero-order valence-corrected chi connectivity index (χ0v) is 12.7. The van der Waals surface area contributed by atoms with Crippen LogP contribution in [-0.2, 0) is 6.54 Å². The van der Waals surface area contributed by atoms with Gasteiger partial charge >= 0.3 is 0 Å². The Morgan fingerprint density at radius 1 is 1.35 bits per heavy atom. The summed E-state index contributed by atoms with van der Waals surface area (Å²) in [5.41, 5.74) is 1.02. The molecule has 20 heavy (non-hydrogen) atoms. The van der Waals surface area contributed by atoms with Gasteiger partial charge in [-0.2, -0.15) is 0 Å². The van der Waals surface area contributed by atoms with Crippen LogP contribution in [0.3, 0.4) is 0 Å². The highest BCUT2D eigenvalue weighted by molar-refractivity contribution is 7.17. The molecule has 5 nitrogen and oxygen atoms in total. The van der Waals surface area contributed by atoms with Crippen LogP contribution in [0.25, 0.3) is 0 Å². The molecule has 0 saturated carbocycles. The molecule has 0 unspecified atom stereocenters. The van der Waals surface area contributed by atoms with E-state index in [1.165, 1.54) is 0 Å². The number of nitrogens with zero attached hydrogens (tertiary/aromatic N) is 3. The molecule has 0 saturated heterocycles. The standard InChI is InChI=1S/C13H14ClN3O2S/c1-3-17(12(18)11-15-16-13(14)20-11)8-9-4-6-10(19-2)7-5-9/h4-7H,3,8H2,1-2H3. The molecule has 0 radical (unpaired) electrons. The normalized spacial score (nSPS) is 10.3. The summed E-state index contributed by atoms with van der Waals surface area (Å²) < 4.78 is 5.38. The second-order valence-corrected chi connectivity index (χ2v) is 5.59. The minimum absolute atomic E-state index is 0.160. The van der Waals surface area contributed by atoms with Gasteiger partial charge in [0.05, 0.1) is 7.11 Å². The van der Waals surface area contributed by atoms with Gasteiger partial charge in [-0.05, 0) is 36.2 Å². The fourth-order valence-corrected chi connectivity index (χ4v) is 2.50. The van der Waals surface area contributed by atoms with Crippen molar-refractivity contribution in [2.75, 3.05) is 13.7 Å². The highest BCUT2D eigenvalue weighted by Crippen LogP contribution is 2.18. The van der Waals surface area contributed by atoms with Crippen LogP contribution in [0.1, 0.15) is 22.3 Å². The topological polar surface area (TPSA) is 55.3 Å². The van der Waals surface area contributed by atoms with Gasteiger partial charge in [-0.15, -0.1) is 10.2 Å². The van der Waals surface area contributed by atoms with Crippen LogP contribution in [0.5, 0.6) is 5.75 Å². The van der Waals surface area contributed by atoms with E-state index < -0.39 is 0 Å². The molecule has 1 amide bonds. The molecule has 0 aliphatic heterocycles. The average Bonchev–Trinajstić information content (AvgIpc) is 2.91. The quantitative estimate of drug-likeness (QED) is 0.852. The van der Waals surface area contributed by atoms with Gasteiger partial charge in [0.1, 0.15) is 5.75 Å². The Bertz CT molecular complexity index is 586. The highest BCUT2D eigenvalue weighted by atomic mass is 35.5. The number of hydrogen-bond acceptors (Lipinski definition) is 5. The summed E-state index contributed by atoms with van der Waals surface area (Å²) in [6.45, 7) is 3.02. The summed E-state index contributed by atoms with van der Waals surface area (Å²) in [7, 11) is 1.62. The fraction of sp³-hybridized carbons (Fsp3) is 0.308. The van der Waals surface area contributed by atoms with Crippen molar-refractivity contribution in [3.05, 3.63) is 39.3 Å². The van der Waals surface area contributed by atoms with Gasteiger partial charge in [-0.25, -0.2) is 0 Å². The van der Waals surface area contributed by atoms with Crippen molar-refractivity contribution in [1.29, 1.82) is 0 Å². The molecule has 7 heteroatoms. The minimum atomic E-state index is -0.160. The SMILES string of the molecule is CCN(Cc1ccc(OC)cc1)C(=O)c1nnc(Cl)s1. The van der Waals surface area contributed by atoms with Crippen LogP contribution in [0.15, 0.2) is 24.3 Å². The third-order valence-electron chi connectivity index (χ3n) is 2.78. The molecule has 1 aromatic heterocycles. The number of carbonyl (C=O) groups is 1. The van der Waals surface area contributed by atoms with Crippen LogP contribution in [-0.4, -0.2) is 34.7 Å². The second-order valence-electron chi connectivity index (χ2n) is 4.03. The molecule has 0 bridgehead atoms. The highest BCUT2D eigenvalue weighted by Gasteiger charge is 2.18. The number of hydrogen-bond donors (Lipinski definition) is 0. The van der Waals surface area contributed by atoms with E-state index in [4.69, 9.17) is 16.3 Å². The van der Waals surface area contributed by atoms with Gasteiger partial charge in [0, 0.05) is 13.1 Å². The van der Waals surface area contributed by atoms with E-state index in [9.17, 15) is 4.79 Å². The summed E-state index contributed by atoms with van der Waals surface area (Å²) in [5, 5.41) is 7.74. The molecule has 0 atom stereocenters. The zero-order valence-electron chi connectivity index (χ0n) is 11.2.